The Balaban J connectivity index is 2.75. The topological polar surface area (TPSA) is 12.0 Å². The lowest BCUT2D eigenvalue weighted by Crippen LogP contribution is -2.45. The molecule has 1 aliphatic carbocycles. The van der Waals surface area contributed by atoms with Crippen LogP contribution in [0.4, 0.5) is 13.2 Å². The van der Waals surface area contributed by atoms with E-state index in [0.29, 0.717) is 32.2 Å². The van der Waals surface area contributed by atoms with Gasteiger partial charge in [0, 0.05) is 12.5 Å². The Labute approximate surface area is 108 Å². The molecular weight excluding hydrogens is 239 g/mol. The summed E-state index contributed by atoms with van der Waals surface area (Å²) in [6.45, 7) is 2.62. The normalized spacial score (nSPS) is 26.6. The Hall–Kier alpha value is -0.690. The second kappa shape index (κ2) is 7.04. The highest BCUT2D eigenvalue weighted by Crippen LogP contribution is 2.43. The molecule has 18 heavy (non-hydrogen) atoms. The van der Waals surface area contributed by atoms with Gasteiger partial charge in [0.1, 0.15) is 0 Å². The fourth-order valence-electron chi connectivity index (χ4n) is 3.02. The average Bonchev–Trinajstić information content (AvgIpc) is 2.33. The van der Waals surface area contributed by atoms with Gasteiger partial charge in [-0.15, -0.1) is 12.3 Å². The van der Waals surface area contributed by atoms with E-state index in [1.165, 1.54) is 0 Å². The van der Waals surface area contributed by atoms with E-state index in [0.717, 1.165) is 6.42 Å². The third-order valence-electron chi connectivity index (χ3n) is 3.82. The zero-order valence-electron chi connectivity index (χ0n) is 10.9. The van der Waals surface area contributed by atoms with Crippen LogP contribution in [0.15, 0.2) is 0 Å². The molecule has 0 spiro atoms. The summed E-state index contributed by atoms with van der Waals surface area (Å²) in [5.74, 6) is 1.06. The zero-order chi connectivity index (χ0) is 13.6. The lowest BCUT2D eigenvalue weighted by Gasteiger charge is -2.38. The van der Waals surface area contributed by atoms with E-state index in [1.807, 2.05) is 6.92 Å². The minimum absolute atomic E-state index is 0.0991. The predicted molar refractivity (Wildman–Crippen MR) is 67.0 cm³/mol. The van der Waals surface area contributed by atoms with Crippen LogP contribution in [0.3, 0.4) is 0 Å². The van der Waals surface area contributed by atoms with Crippen molar-refractivity contribution in [3.05, 3.63) is 0 Å². The second-order valence-electron chi connectivity index (χ2n) is 5.00. The lowest BCUT2D eigenvalue weighted by atomic mass is 9.73. The quantitative estimate of drug-likeness (QED) is 0.743. The van der Waals surface area contributed by atoms with Crippen LogP contribution in [-0.4, -0.2) is 18.8 Å². The molecule has 4 heteroatoms. The molecule has 0 aliphatic heterocycles. The SMILES string of the molecule is C#CCCC(NCC)C1CCCCC1C(F)(F)F. The van der Waals surface area contributed by atoms with Gasteiger partial charge in [0.15, 0.2) is 0 Å². The molecule has 0 amide bonds. The lowest BCUT2D eigenvalue weighted by molar-refractivity contribution is -0.199. The third kappa shape index (κ3) is 4.20. The average molecular weight is 261 g/mol. The molecule has 3 atom stereocenters. The van der Waals surface area contributed by atoms with Gasteiger partial charge in [-0.25, -0.2) is 0 Å². The summed E-state index contributed by atoms with van der Waals surface area (Å²) < 4.78 is 39.1. The van der Waals surface area contributed by atoms with Crippen LogP contribution in [0.5, 0.6) is 0 Å². The molecule has 1 rings (SSSR count). The summed E-state index contributed by atoms with van der Waals surface area (Å²) in [6, 6.07) is -0.0991. The van der Waals surface area contributed by atoms with Crippen molar-refractivity contribution in [1.29, 1.82) is 0 Å². The van der Waals surface area contributed by atoms with E-state index in [4.69, 9.17) is 6.42 Å². The van der Waals surface area contributed by atoms with E-state index >= 15 is 0 Å². The van der Waals surface area contributed by atoms with Crippen molar-refractivity contribution < 1.29 is 13.2 Å². The van der Waals surface area contributed by atoms with Gasteiger partial charge in [0.25, 0.3) is 0 Å². The van der Waals surface area contributed by atoms with Crippen LogP contribution in [0.25, 0.3) is 0 Å². The number of terminal acetylenes is 1. The molecule has 1 aliphatic rings. The summed E-state index contributed by atoms with van der Waals surface area (Å²) in [6.07, 6.45) is 4.85. The first-order valence-electron chi connectivity index (χ1n) is 6.74. The molecule has 0 heterocycles. The number of hydrogen-bond donors (Lipinski definition) is 1. The molecule has 104 valence electrons. The molecule has 1 saturated carbocycles. The monoisotopic (exact) mass is 261 g/mol. The molecule has 3 unspecified atom stereocenters. The van der Waals surface area contributed by atoms with Gasteiger partial charge >= 0.3 is 6.18 Å². The van der Waals surface area contributed by atoms with Gasteiger partial charge < -0.3 is 5.32 Å². The highest BCUT2D eigenvalue weighted by atomic mass is 19.4. The van der Waals surface area contributed by atoms with Crippen molar-refractivity contribution in [1.82, 2.24) is 5.32 Å². The summed E-state index contributed by atoms with van der Waals surface area (Å²) in [4.78, 5) is 0. The van der Waals surface area contributed by atoms with E-state index < -0.39 is 12.1 Å². The smallest absolute Gasteiger partial charge is 0.314 e. The molecule has 1 N–H and O–H groups in total. The number of alkyl halides is 3. The van der Waals surface area contributed by atoms with E-state index in [9.17, 15) is 13.2 Å². The Morgan fingerprint density at radius 3 is 2.56 bits per heavy atom. The molecule has 0 aromatic rings. The van der Waals surface area contributed by atoms with Crippen molar-refractivity contribution in [2.24, 2.45) is 11.8 Å². The van der Waals surface area contributed by atoms with E-state index in [-0.39, 0.29) is 18.4 Å². The third-order valence-corrected chi connectivity index (χ3v) is 3.82. The number of rotatable bonds is 5. The summed E-state index contributed by atoms with van der Waals surface area (Å²) in [7, 11) is 0. The molecular formula is C14H22F3N. The van der Waals surface area contributed by atoms with Gasteiger partial charge in [-0.2, -0.15) is 13.2 Å². The van der Waals surface area contributed by atoms with E-state index in [2.05, 4.69) is 11.2 Å². The molecule has 0 aromatic carbocycles. The Morgan fingerprint density at radius 2 is 2.00 bits per heavy atom. The Kier molecular flexibility index (Phi) is 6.01. The first-order chi connectivity index (χ1) is 8.50. The van der Waals surface area contributed by atoms with Crippen LogP contribution >= 0.6 is 0 Å². The van der Waals surface area contributed by atoms with Crippen molar-refractivity contribution >= 4 is 0 Å². The van der Waals surface area contributed by atoms with Gasteiger partial charge in [-0.05, 0) is 31.7 Å². The minimum atomic E-state index is -4.07. The van der Waals surface area contributed by atoms with Gasteiger partial charge in [-0.3, -0.25) is 0 Å². The highest BCUT2D eigenvalue weighted by molar-refractivity contribution is 4.92. The van der Waals surface area contributed by atoms with Crippen LogP contribution in [0, 0.1) is 24.2 Å². The fourth-order valence-corrected chi connectivity index (χ4v) is 3.02. The first-order valence-corrected chi connectivity index (χ1v) is 6.74. The summed E-state index contributed by atoms with van der Waals surface area (Å²) >= 11 is 0. The minimum Gasteiger partial charge on any atom is -0.314 e. The van der Waals surface area contributed by atoms with Crippen LogP contribution in [0.1, 0.15) is 45.4 Å². The van der Waals surface area contributed by atoms with Gasteiger partial charge in [0.2, 0.25) is 0 Å². The molecule has 0 aromatic heterocycles. The summed E-state index contributed by atoms with van der Waals surface area (Å²) in [5, 5.41) is 3.19. The largest absolute Gasteiger partial charge is 0.392 e. The molecule has 1 nitrogen and oxygen atoms in total. The maximum atomic E-state index is 13.0. The van der Waals surface area contributed by atoms with Crippen molar-refractivity contribution in [3.63, 3.8) is 0 Å². The maximum Gasteiger partial charge on any atom is 0.392 e. The predicted octanol–water partition coefficient (Wildman–Crippen LogP) is 3.75. The first kappa shape index (κ1) is 15.4. The Bertz CT molecular complexity index is 280. The van der Waals surface area contributed by atoms with Gasteiger partial charge in [0.05, 0.1) is 5.92 Å². The second-order valence-corrected chi connectivity index (χ2v) is 5.00. The fraction of sp³-hybridized carbons (Fsp3) is 0.857. The van der Waals surface area contributed by atoms with Crippen molar-refractivity contribution in [2.45, 2.75) is 57.7 Å². The zero-order valence-corrected chi connectivity index (χ0v) is 10.9. The van der Waals surface area contributed by atoms with Crippen LogP contribution < -0.4 is 5.32 Å². The maximum absolute atomic E-state index is 13.0. The van der Waals surface area contributed by atoms with Crippen molar-refractivity contribution in [2.75, 3.05) is 6.54 Å². The Morgan fingerprint density at radius 1 is 1.33 bits per heavy atom. The molecule has 0 saturated heterocycles. The number of hydrogen-bond acceptors (Lipinski definition) is 1. The summed E-state index contributed by atoms with van der Waals surface area (Å²) in [5.41, 5.74) is 0. The van der Waals surface area contributed by atoms with Crippen LogP contribution in [0.2, 0.25) is 0 Å². The molecule has 0 radical (unpaired) electrons. The number of halogens is 3. The standard InChI is InChI=1S/C14H22F3N/c1-3-5-10-13(18-4-2)11-8-6-7-9-12(11)14(15,16)17/h1,11-13,18H,4-10H2,2H3. The van der Waals surface area contributed by atoms with Crippen molar-refractivity contribution in [3.8, 4) is 12.3 Å². The highest BCUT2D eigenvalue weighted by Gasteiger charge is 2.47. The molecule has 1 fully saturated rings. The van der Waals surface area contributed by atoms with Crippen LogP contribution in [-0.2, 0) is 0 Å². The molecule has 0 bridgehead atoms. The number of nitrogens with one attached hydrogen (secondary N) is 1. The van der Waals surface area contributed by atoms with Gasteiger partial charge in [-0.1, -0.05) is 19.8 Å². The van der Waals surface area contributed by atoms with E-state index in [1.54, 1.807) is 0 Å².